The minimum absolute atomic E-state index is 1.29. The van der Waals surface area contributed by atoms with Crippen molar-refractivity contribution in [3.05, 3.63) is 66.0 Å². The van der Waals surface area contributed by atoms with Crippen LogP contribution in [0.5, 0.6) is 0 Å². The Balaban J connectivity index is 2.20. The Bertz CT molecular complexity index is 654. The fraction of sp³-hybridized carbons (Fsp3) is 0.0588. The molecule has 0 unspecified atom stereocenters. The summed E-state index contributed by atoms with van der Waals surface area (Å²) in [6.07, 6.45) is 2.15. The average Bonchev–Trinajstić information content (AvgIpc) is 2.93. The molecule has 0 aliphatic carbocycles. The Morgan fingerprint density at radius 3 is 1.95 bits per heavy atom. The van der Waals surface area contributed by atoms with Gasteiger partial charge in [0.25, 0.3) is 0 Å². The van der Waals surface area contributed by atoms with E-state index in [1.54, 1.807) is 0 Å². The van der Waals surface area contributed by atoms with Gasteiger partial charge in [0.05, 0.1) is 4.21 Å². The highest BCUT2D eigenvalue weighted by molar-refractivity contribution is 8.00. The van der Waals surface area contributed by atoms with E-state index in [0.717, 1.165) is 0 Å². The maximum Gasteiger partial charge on any atom is 0.0680 e. The third-order valence-electron chi connectivity index (χ3n) is 3.09. The van der Waals surface area contributed by atoms with Crippen LogP contribution in [0.4, 0.5) is 0 Å². The van der Waals surface area contributed by atoms with Gasteiger partial charge in [-0.1, -0.05) is 60.7 Å². The predicted octanol–water partition coefficient (Wildman–Crippen LogP) is 5.80. The normalized spacial score (nSPS) is 10.6. The number of thioether (sulfide) groups is 1. The van der Waals surface area contributed by atoms with Crippen LogP contribution in [0.3, 0.4) is 0 Å². The Kier molecular flexibility index (Phi) is 3.72. The first-order chi connectivity index (χ1) is 9.40. The van der Waals surface area contributed by atoms with Gasteiger partial charge in [-0.3, -0.25) is 0 Å². The van der Waals surface area contributed by atoms with Gasteiger partial charge in [-0.2, -0.15) is 0 Å². The van der Waals surface area contributed by atoms with E-state index in [1.807, 2.05) is 23.1 Å². The Hall–Kier alpha value is -1.51. The highest BCUT2D eigenvalue weighted by atomic mass is 32.2. The zero-order valence-corrected chi connectivity index (χ0v) is 12.3. The lowest BCUT2D eigenvalue weighted by Crippen LogP contribution is -1.81. The molecule has 0 bridgehead atoms. The summed E-state index contributed by atoms with van der Waals surface area (Å²) < 4.78 is 1.38. The molecule has 0 fully saturated rings. The summed E-state index contributed by atoms with van der Waals surface area (Å²) in [6, 6.07) is 21.3. The van der Waals surface area contributed by atoms with E-state index in [4.69, 9.17) is 0 Å². The average molecular weight is 282 g/mol. The Morgan fingerprint density at radius 1 is 0.789 bits per heavy atom. The van der Waals surface area contributed by atoms with Crippen molar-refractivity contribution in [3.8, 4) is 22.3 Å². The molecule has 0 nitrogen and oxygen atoms in total. The fourth-order valence-electron chi connectivity index (χ4n) is 2.20. The van der Waals surface area contributed by atoms with Crippen molar-refractivity contribution in [1.29, 1.82) is 0 Å². The van der Waals surface area contributed by atoms with Crippen molar-refractivity contribution in [1.82, 2.24) is 0 Å². The number of thiophene rings is 1. The van der Waals surface area contributed by atoms with Crippen molar-refractivity contribution in [3.63, 3.8) is 0 Å². The van der Waals surface area contributed by atoms with Gasteiger partial charge in [0.15, 0.2) is 0 Å². The van der Waals surface area contributed by atoms with Gasteiger partial charge in [-0.25, -0.2) is 0 Å². The summed E-state index contributed by atoms with van der Waals surface area (Å²) in [5.74, 6) is 0. The van der Waals surface area contributed by atoms with E-state index in [-0.39, 0.29) is 0 Å². The molecule has 19 heavy (non-hydrogen) atoms. The lowest BCUT2D eigenvalue weighted by molar-refractivity contribution is 1.58. The van der Waals surface area contributed by atoms with Crippen LogP contribution < -0.4 is 0 Å². The first-order valence-electron chi connectivity index (χ1n) is 6.16. The summed E-state index contributed by atoms with van der Waals surface area (Å²) >= 11 is 3.65. The molecule has 0 N–H and O–H groups in total. The molecule has 0 spiro atoms. The maximum absolute atomic E-state index is 2.27. The minimum Gasteiger partial charge on any atom is -0.136 e. The van der Waals surface area contributed by atoms with Gasteiger partial charge in [0.1, 0.15) is 0 Å². The summed E-state index contributed by atoms with van der Waals surface area (Å²) in [7, 11) is 0. The van der Waals surface area contributed by atoms with Crippen molar-refractivity contribution in [2.45, 2.75) is 4.21 Å². The molecule has 0 radical (unpaired) electrons. The quantitative estimate of drug-likeness (QED) is 0.547. The van der Waals surface area contributed by atoms with Gasteiger partial charge in [-0.05, 0) is 17.4 Å². The predicted molar refractivity (Wildman–Crippen MR) is 87.0 cm³/mol. The SMILES string of the molecule is CSc1scc(-c2ccccc2)c1-c1ccccc1. The second-order valence-corrected chi connectivity index (χ2v) is 6.20. The second kappa shape index (κ2) is 5.64. The molecule has 0 atom stereocenters. The topological polar surface area (TPSA) is 0 Å². The van der Waals surface area contributed by atoms with Crippen LogP contribution in [0.1, 0.15) is 0 Å². The van der Waals surface area contributed by atoms with E-state index in [9.17, 15) is 0 Å². The van der Waals surface area contributed by atoms with Crippen molar-refractivity contribution in [2.24, 2.45) is 0 Å². The molecule has 0 aliphatic rings. The highest BCUT2D eigenvalue weighted by Gasteiger charge is 2.14. The monoisotopic (exact) mass is 282 g/mol. The number of rotatable bonds is 3. The second-order valence-electron chi connectivity index (χ2n) is 4.25. The van der Waals surface area contributed by atoms with E-state index in [2.05, 4.69) is 72.3 Å². The van der Waals surface area contributed by atoms with Crippen LogP contribution in [0, 0.1) is 0 Å². The largest absolute Gasteiger partial charge is 0.136 e. The zero-order valence-electron chi connectivity index (χ0n) is 10.7. The van der Waals surface area contributed by atoms with E-state index < -0.39 is 0 Å². The molecule has 0 amide bonds. The molecule has 0 saturated heterocycles. The molecule has 2 heteroatoms. The van der Waals surface area contributed by atoms with Crippen molar-refractivity contribution in [2.75, 3.05) is 6.26 Å². The number of hydrogen-bond acceptors (Lipinski definition) is 2. The van der Waals surface area contributed by atoms with Crippen molar-refractivity contribution < 1.29 is 0 Å². The first kappa shape index (κ1) is 12.5. The summed E-state index contributed by atoms with van der Waals surface area (Å²) in [5, 5.41) is 2.27. The molecule has 0 saturated carbocycles. The van der Waals surface area contributed by atoms with E-state index >= 15 is 0 Å². The summed E-state index contributed by atoms with van der Waals surface area (Å²) in [5.41, 5.74) is 5.29. The van der Waals surface area contributed by atoms with Gasteiger partial charge in [-0.15, -0.1) is 23.1 Å². The number of benzene rings is 2. The Morgan fingerprint density at radius 2 is 1.37 bits per heavy atom. The molecule has 2 aromatic carbocycles. The van der Waals surface area contributed by atoms with Gasteiger partial charge < -0.3 is 0 Å². The summed E-state index contributed by atoms with van der Waals surface area (Å²) in [4.78, 5) is 0. The lowest BCUT2D eigenvalue weighted by atomic mass is 9.99. The van der Waals surface area contributed by atoms with Crippen molar-refractivity contribution >= 4 is 23.1 Å². The van der Waals surface area contributed by atoms with Gasteiger partial charge in [0, 0.05) is 16.5 Å². The van der Waals surface area contributed by atoms with Gasteiger partial charge >= 0.3 is 0 Å². The molecule has 3 rings (SSSR count). The molecular weight excluding hydrogens is 268 g/mol. The standard InChI is InChI=1S/C17H14S2/c1-18-17-16(14-10-6-3-7-11-14)15(12-19-17)13-8-4-2-5-9-13/h2-12H,1H3. The molecule has 1 aromatic heterocycles. The maximum atomic E-state index is 2.27. The number of hydrogen-bond donors (Lipinski definition) is 0. The zero-order chi connectivity index (χ0) is 13.1. The van der Waals surface area contributed by atoms with Crippen LogP contribution in [0.25, 0.3) is 22.3 Å². The fourth-order valence-corrected chi connectivity index (χ4v) is 3.98. The molecular formula is C17H14S2. The highest BCUT2D eigenvalue weighted by Crippen LogP contribution is 2.43. The smallest absolute Gasteiger partial charge is 0.0680 e. The summed E-state index contributed by atoms with van der Waals surface area (Å²) in [6.45, 7) is 0. The van der Waals surface area contributed by atoms with Crippen LogP contribution >= 0.6 is 23.1 Å². The van der Waals surface area contributed by atoms with Crippen LogP contribution in [0.2, 0.25) is 0 Å². The molecule has 0 aliphatic heterocycles. The third kappa shape index (κ3) is 2.46. The third-order valence-corrected chi connectivity index (χ3v) is 5.23. The lowest BCUT2D eigenvalue weighted by Gasteiger charge is -2.07. The molecule has 1 heterocycles. The van der Waals surface area contributed by atoms with Crippen LogP contribution in [0.15, 0.2) is 70.3 Å². The minimum atomic E-state index is 1.29. The Labute approximate surface area is 122 Å². The molecule has 3 aromatic rings. The van der Waals surface area contributed by atoms with Crippen LogP contribution in [-0.2, 0) is 0 Å². The first-order valence-corrected chi connectivity index (χ1v) is 8.27. The van der Waals surface area contributed by atoms with E-state index in [0.29, 0.717) is 0 Å². The van der Waals surface area contributed by atoms with Gasteiger partial charge in [0.2, 0.25) is 0 Å². The molecule has 94 valence electrons. The van der Waals surface area contributed by atoms with Crippen LogP contribution in [-0.4, -0.2) is 6.26 Å². The van der Waals surface area contributed by atoms with E-state index in [1.165, 1.54) is 26.5 Å².